The number of hydrogen-bond acceptors (Lipinski definition) is 4. The van der Waals surface area contributed by atoms with E-state index in [0.717, 1.165) is 5.69 Å². The number of carbonyl (C=O) groups is 1. The first-order chi connectivity index (χ1) is 10.6. The molecule has 0 radical (unpaired) electrons. The number of anilines is 2. The van der Waals surface area contributed by atoms with Crippen molar-refractivity contribution in [2.75, 3.05) is 17.7 Å². The smallest absolute Gasteiger partial charge is 0.246 e. The third-order valence-corrected chi connectivity index (χ3v) is 3.13. The molecule has 5 nitrogen and oxygen atoms in total. The van der Waals surface area contributed by atoms with Crippen molar-refractivity contribution >= 4 is 17.3 Å². The Hall–Kier alpha value is -3.00. The van der Waals surface area contributed by atoms with Crippen molar-refractivity contribution < 1.29 is 9.53 Å². The number of nitrogens with one attached hydrogen (secondary N) is 2. The summed E-state index contributed by atoms with van der Waals surface area (Å²) < 4.78 is 5.24. The van der Waals surface area contributed by atoms with Crippen LogP contribution in [0.2, 0.25) is 0 Å². The largest absolute Gasteiger partial charge is 0.495 e. The molecule has 0 aliphatic carbocycles. The van der Waals surface area contributed by atoms with Crippen LogP contribution in [0.25, 0.3) is 0 Å². The van der Waals surface area contributed by atoms with Crippen LogP contribution < -0.4 is 15.4 Å². The van der Waals surface area contributed by atoms with E-state index in [2.05, 4.69) is 10.6 Å². The molecule has 5 heteroatoms. The predicted octanol–water partition coefficient (Wildman–Crippen LogP) is 3.01. The van der Waals surface area contributed by atoms with Gasteiger partial charge in [-0.15, -0.1) is 0 Å². The van der Waals surface area contributed by atoms with E-state index in [1.807, 2.05) is 30.3 Å². The van der Waals surface area contributed by atoms with Gasteiger partial charge in [0.2, 0.25) is 5.91 Å². The van der Waals surface area contributed by atoms with Gasteiger partial charge in [-0.05, 0) is 37.3 Å². The van der Waals surface area contributed by atoms with Gasteiger partial charge in [-0.1, -0.05) is 18.2 Å². The Kier molecular flexibility index (Phi) is 4.99. The van der Waals surface area contributed by atoms with Crippen LogP contribution in [0.3, 0.4) is 0 Å². The number of nitrogens with zero attached hydrogens (tertiary/aromatic N) is 1. The fourth-order valence-electron chi connectivity index (χ4n) is 1.98. The Morgan fingerprint density at radius 1 is 1.23 bits per heavy atom. The number of para-hydroxylation sites is 2. The normalized spacial score (nSPS) is 11.1. The second-order valence-electron chi connectivity index (χ2n) is 4.75. The van der Waals surface area contributed by atoms with Crippen LogP contribution in [0.1, 0.15) is 12.5 Å². The lowest BCUT2D eigenvalue weighted by atomic mass is 10.2. The molecule has 22 heavy (non-hydrogen) atoms. The van der Waals surface area contributed by atoms with Crippen molar-refractivity contribution in [3.8, 4) is 11.8 Å². The maximum absolute atomic E-state index is 12.2. The number of benzene rings is 2. The van der Waals surface area contributed by atoms with Crippen LogP contribution in [0.4, 0.5) is 11.4 Å². The van der Waals surface area contributed by atoms with E-state index >= 15 is 0 Å². The Bertz CT molecular complexity index is 707. The maximum Gasteiger partial charge on any atom is 0.246 e. The van der Waals surface area contributed by atoms with Crippen molar-refractivity contribution in [1.82, 2.24) is 0 Å². The zero-order valence-corrected chi connectivity index (χ0v) is 12.5. The Balaban J connectivity index is 2.04. The molecule has 0 heterocycles. The van der Waals surface area contributed by atoms with Gasteiger partial charge in [0.1, 0.15) is 11.8 Å². The molecule has 112 valence electrons. The molecule has 0 aromatic heterocycles. The number of nitriles is 1. The molecule has 0 aliphatic rings. The number of rotatable bonds is 5. The van der Waals surface area contributed by atoms with Gasteiger partial charge in [0.25, 0.3) is 0 Å². The average molecular weight is 295 g/mol. The number of ether oxygens (including phenoxy) is 1. The highest BCUT2D eigenvalue weighted by Gasteiger charge is 2.14. The Morgan fingerprint density at radius 3 is 2.73 bits per heavy atom. The van der Waals surface area contributed by atoms with Crippen LogP contribution in [0.5, 0.6) is 5.75 Å². The summed E-state index contributed by atoms with van der Waals surface area (Å²) in [6.07, 6.45) is 0. The lowest BCUT2D eigenvalue weighted by Crippen LogP contribution is -2.32. The number of carbonyl (C=O) groups excluding carboxylic acids is 1. The van der Waals surface area contributed by atoms with Crippen LogP contribution in [-0.4, -0.2) is 19.1 Å². The molecule has 2 N–H and O–H groups in total. The highest BCUT2D eigenvalue weighted by molar-refractivity contribution is 5.96. The first-order valence-corrected chi connectivity index (χ1v) is 6.84. The Labute approximate surface area is 129 Å². The fraction of sp³-hybridized carbons (Fsp3) is 0.176. The molecule has 0 aliphatic heterocycles. The van der Waals surface area contributed by atoms with Crippen molar-refractivity contribution in [1.29, 1.82) is 5.26 Å². The van der Waals surface area contributed by atoms with Crippen LogP contribution >= 0.6 is 0 Å². The minimum Gasteiger partial charge on any atom is -0.495 e. The molecule has 2 aromatic carbocycles. The van der Waals surface area contributed by atoms with E-state index in [-0.39, 0.29) is 5.91 Å². The van der Waals surface area contributed by atoms with E-state index in [9.17, 15) is 4.79 Å². The van der Waals surface area contributed by atoms with E-state index < -0.39 is 6.04 Å². The molecular formula is C17H17N3O2. The Morgan fingerprint density at radius 2 is 2.00 bits per heavy atom. The van der Waals surface area contributed by atoms with Gasteiger partial charge in [-0.25, -0.2) is 0 Å². The molecule has 0 unspecified atom stereocenters. The fourth-order valence-corrected chi connectivity index (χ4v) is 1.98. The topological polar surface area (TPSA) is 74.2 Å². The van der Waals surface area contributed by atoms with E-state index in [1.54, 1.807) is 38.3 Å². The SMILES string of the molecule is COc1ccccc1N[C@@H](C)C(=O)Nc1cccc(C#N)c1. The monoisotopic (exact) mass is 295 g/mol. The second kappa shape index (κ2) is 7.14. The summed E-state index contributed by atoms with van der Waals surface area (Å²) in [4.78, 5) is 12.2. The standard InChI is InChI=1S/C17H17N3O2/c1-12(19-15-8-3-4-9-16(15)22-2)17(21)20-14-7-5-6-13(10-14)11-18/h3-10,12,19H,1-2H3,(H,20,21)/t12-/m0/s1. The van der Waals surface area contributed by atoms with Crippen molar-refractivity contribution in [2.24, 2.45) is 0 Å². The van der Waals surface area contributed by atoms with Gasteiger partial charge in [0, 0.05) is 5.69 Å². The van der Waals surface area contributed by atoms with Crippen LogP contribution in [-0.2, 0) is 4.79 Å². The summed E-state index contributed by atoms with van der Waals surface area (Å²) in [5.41, 5.74) is 1.85. The highest BCUT2D eigenvalue weighted by atomic mass is 16.5. The minimum absolute atomic E-state index is 0.194. The van der Waals surface area contributed by atoms with E-state index in [4.69, 9.17) is 10.00 Å². The lowest BCUT2D eigenvalue weighted by molar-refractivity contribution is -0.116. The van der Waals surface area contributed by atoms with Crippen LogP contribution in [0, 0.1) is 11.3 Å². The number of hydrogen-bond donors (Lipinski definition) is 2. The molecule has 1 atom stereocenters. The third kappa shape index (κ3) is 3.76. The molecule has 1 amide bonds. The van der Waals surface area contributed by atoms with Crippen LogP contribution in [0.15, 0.2) is 48.5 Å². The zero-order valence-electron chi connectivity index (χ0n) is 12.5. The second-order valence-corrected chi connectivity index (χ2v) is 4.75. The van der Waals surface area contributed by atoms with Crippen molar-refractivity contribution in [3.05, 3.63) is 54.1 Å². The first-order valence-electron chi connectivity index (χ1n) is 6.84. The van der Waals surface area contributed by atoms with Gasteiger partial charge in [0.15, 0.2) is 0 Å². The predicted molar refractivity (Wildman–Crippen MR) is 85.9 cm³/mol. The average Bonchev–Trinajstić information content (AvgIpc) is 2.55. The summed E-state index contributed by atoms with van der Waals surface area (Å²) in [6.45, 7) is 1.76. The number of methoxy groups -OCH3 is 1. The summed E-state index contributed by atoms with van der Waals surface area (Å²) in [7, 11) is 1.58. The summed E-state index contributed by atoms with van der Waals surface area (Å²) >= 11 is 0. The molecule has 2 rings (SSSR count). The molecular weight excluding hydrogens is 278 g/mol. The summed E-state index contributed by atoms with van der Waals surface area (Å²) in [5, 5.41) is 14.8. The van der Waals surface area contributed by atoms with Crippen molar-refractivity contribution in [2.45, 2.75) is 13.0 Å². The van der Waals surface area contributed by atoms with Crippen molar-refractivity contribution in [3.63, 3.8) is 0 Å². The number of amides is 1. The summed E-state index contributed by atoms with van der Waals surface area (Å²) in [5.74, 6) is 0.481. The molecule has 0 fully saturated rings. The maximum atomic E-state index is 12.2. The van der Waals surface area contributed by atoms with Gasteiger partial charge < -0.3 is 15.4 Å². The molecule has 0 spiro atoms. The zero-order chi connectivity index (χ0) is 15.9. The minimum atomic E-state index is -0.456. The molecule has 0 saturated heterocycles. The van der Waals surface area contributed by atoms with E-state index in [1.165, 1.54) is 0 Å². The van der Waals surface area contributed by atoms with Gasteiger partial charge in [-0.2, -0.15) is 5.26 Å². The molecule has 2 aromatic rings. The third-order valence-electron chi connectivity index (χ3n) is 3.13. The highest BCUT2D eigenvalue weighted by Crippen LogP contribution is 2.24. The van der Waals surface area contributed by atoms with Gasteiger partial charge in [-0.3, -0.25) is 4.79 Å². The molecule has 0 saturated carbocycles. The van der Waals surface area contributed by atoms with Gasteiger partial charge in [0.05, 0.1) is 24.4 Å². The van der Waals surface area contributed by atoms with Gasteiger partial charge >= 0.3 is 0 Å². The van der Waals surface area contributed by atoms with E-state index in [0.29, 0.717) is 17.0 Å². The summed E-state index contributed by atoms with van der Waals surface area (Å²) in [6, 6.07) is 15.8. The lowest BCUT2D eigenvalue weighted by Gasteiger charge is -2.17. The molecule has 0 bridgehead atoms. The first kappa shape index (κ1) is 15.4. The quantitative estimate of drug-likeness (QED) is 0.889.